The molecule has 0 spiro atoms. The number of piperazine rings is 1. The lowest BCUT2D eigenvalue weighted by Crippen LogP contribution is -2.55. The maximum Gasteiger partial charge on any atom is 0.318 e. The molecule has 6 rings (SSSR count). The highest BCUT2D eigenvalue weighted by molar-refractivity contribution is 6.31. The smallest absolute Gasteiger partial charge is 0.318 e. The van der Waals surface area contributed by atoms with Crippen LogP contribution in [0.3, 0.4) is 0 Å². The average Bonchev–Trinajstić information content (AvgIpc) is 3.31. The van der Waals surface area contributed by atoms with Crippen LogP contribution in [0.1, 0.15) is 89.0 Å². The summed E-state index contributed by atoms with van der Waals surface area (Å²) in [4.78, 5) is 27.8. The van der Waals surface area contributed by atoms with Crippen LogP contribution >= 0.6 is 11.6 Å². The van der Waals surface area contributed by atoms with E-state index in [-0.39, 0.29) is 18.9 Å². The first kappa shape index (κ1) is 35.6. The van der Waals surface area contributed by atoms with Gasteiger partial charge in [-0.15, -0.1) is 0 Å². The maximum absolute atomic E-state index is 13.6. The number of rotatable bonds is 7. The van der Waals surface area contributed by atoms with E-state index >= 15 is 0 Å². The molecular weight excluding hydrogens is 603 g/mol. The Balaban J connectivity index is 0.000000408. The number of aryl methyl sites for hydroxylation is 1. The van der Waals surface area contributed by atoms with Gasteiger partial charge >= 0.3 is 6.01 Å². The number of hydrogen-bond acceptors (Lipinski definition) is 7. The van der Waals surface area contributed by atoms with E-state index in [1.54, 1.807) is 7.11 Å². The topological polar surface area (TPSA) is 85.6 Å². The lowest BCUT2D eigenvalue weighted by molar-refractivity contribution is -0.131. The van der Waals surface area contributed by atoms with E-state index in [0.717, 1.165) is 65.4 Å². The molecule has 5 atom stereocenters. The Morgan fingerprint density at radius 3 is 2.48 bits per heavy atom. The van der Waals surface area contributed by atoms with Crippen molar-refractivity contribution in [2.24, 2.45) is 5.92 Å². The number of aromatic nitrogens is 2. The number of fused-ring (bicyclic) bond motifs is 2. The quantitative estimate of drug-likeness (QED) is 0.295. The van der Waals surface area contributed by atoms with Crippen molar-refractivity contribution < 1.29 is 13.9 Å². The summed E-state index contributed by atoms with van der Waals surface area (Å²) >= 11 is 6.37. The minimum atomic E-state index is -1.01. The number of amides is 1. The summed E-state index contributed by atoms with van der Waals surface area (Å²) in [6, 6.07) is 11.9. The molecule has 10 heteroatoms. The van der Waals surface area contributed by atoms with Gasteiger partial charge in [0, 0.05) is 54.8 Å². The molecule has 0 radical (unpaired) electrons. The molecule has 5 unspecified atom stereocenters. The molecule has 0 N–H and O–H groups in total. The number of benzene rings is 1. The van der Waals surface area contributed by atoms with Crippen molar-refractivity contribution in [2.75, 3.05) is 38.2 Å². The lowest BCUT2D eigenvalue weighted by atomic mass is 9.76. The normalized spacial score (nSPS) is 25.0. The van der Waals surface area contributed by atoms with E-state index in [4.69, 9.17) is 21.3 Å². The van der Waals surface area contributed by atoms with Crippen molar-refractivity contribution in [2.45, 2.75) is 103 Å². The summed E-state index contributed by atoms with van der Waals surface area (Å²) in [5, 5.41) is 10.1. The van der Waals surface area contributed by atoms with Crippen LogP contribution in [0.4, 0.5) is 10.2 Å². The summed E-state index contributed by atoms with van der Waals surface area (Å²) in [5.41, 5.74) is 3.23. The minimum absolute atomic E-state index is 0.0977. The van der Waals surface area contributed by atoms with Gasteiger partial charge in [-0.25, -0.2) is 4.39 Å². The van der Waals surface area contributed by atoms with Crippen molar-refractivity contribution in [3.05, 3.63) is 58.5 Å². The van der Waals surface area contributed by atoms with Crippen molar-refractivity contribution in [1.29, 1.82) is 5.26 Å². The average molecular weight is 653 g/mol. The van der Waals surface area contributed by atoms with E-state index in [1.165, 1.54) is 30.7 Å². The van der Waals surface area contributed by atoms with Gasteiger partial charge in [0.1, 0.15) is 5.82 Å². The number of nitriles is 1. The Bertz CT molecular complexity index is 1390. The molecule has 0 saturated carbocycles. The molecule has 1 aliphatic carbocycles. The van der Waals surface area contributed by atoms with Gasteiger partial charge in [0.05, 0.1) is 31.3 Å². The Labute approximate surface area is 279 Å². The van der Waals surface area contributed by atoms with Crippen LogP contribution in [-0.4, -0.2) is 77.1 Å². The van der Waals surface area contributed by atoms with Crippen molar-refractivity contribution in [3.63, 3.8) is 0 Å². The Morgan fingerprint density at radius 2 is 1.89 bits per heavy atom. The molecule has 3 saturated heterocycles. The molecule has 250 valence electrons. The van der Waals surface area contributed by atoms with Gasteiger partial charge < -0.3 is 14.5 Å². The van der Waals surface area contributed by atoms with Crippen molar-refractivity contribution in [3.8, 4) is 12.1 Å². The molecule has 4 heterocycles. The monoisotopic (exact) mass is 652 g/mol. The molecule has 0 bridgehead atoms. The second kappa shape index (κ2) is 16.6. The number of halogens is 2. The van der Waals surface area contributed by atoms with Crippen LogP contribution in [0, 0.1) is 17.2 Å². The molecule has 8 nitrogen and oxygen atoms in total. The molecule has 1 aromatic carbocycles. The van der Waals surface area contributed by atoms with Gasteiger partial charge in [-0.05, 0) is 69.4 Å². The minimum Gasteiger partial charge on any atom is -0.467 e. The number of carbonyl (C=O) groups excluding carboxylic acids is 1. The zero-order valence-electron chi connectivity index (χ0n) is 28.1. The Morgan fingerprint density at radius 1 is 1.13 bits per heavy atom. The highest BCUT2D eigenvalue weighted by Crippen LogP contribution is 2.42. The molecule has 1 aromatic heterocycles. The summed E-state index contributed by atoms with van der Waals surface area (Å²) in [5.74, 6) is -0.337. The van der Waals surface area contributed by atoms with Gasteiger partial charge in [-0.2, -0.15) is 15.2 Å². The second-order valence-electron chi connectivity index (χ2n) is 12.6. The fraction of sp³-hybridized carbons (Fsp3) is 0.611. The highest BCUT2D eigenvalue weighted by Gasteiger charge is 2.37. The van der Waals surface area contributed by atoms with Crippen LogP contribution in [0.5, 0.6) is 6.01 Å². The van der Waals surface area contributed by atoms with E-state index in [2.05, 4.69) is 47.3 Å². The van der Waals surface area contributed by atoms with Crippen LogP contribution in [0.2, 0.25) is 5.02 Å². The SMILES string of the molecule is C=C(F)C(=O)N1CCN(c2nc(OC)nc3c2CCC(CCc2ccccc2Cl)C3C)CC1CC#N.CC.CC1CCC2CCN12. The fourth-order valence-electron chi connectivity index (χ4n) is 7.38. The third-order valence-corrected chi connectivity index (χ3v) is 10.5. The number of carbonyl (C=O) groups is 1. The maximum atomic E-state index is 13.6. The third kappa shape index (κ3) is 8.01. The zero-order valence-corrected chi connectivity index (χ0v) is 28.9. The molecule has 1 amide bonds. The van der Waals surface area contributed by atoms with Gasteiger partial charge in [0.15, 0.2) is 5.83 Å². The van der Waals surface area contributed by atoms with E-state index < -0.39 is 17.8 Å². The van der Waals surface area contributed by atoms with Crippen LogP contribution < -0.4 is 9.64 Å². The lowest BCUT2D eigenvalue weighted by Gasteiger charge is -2.42. The molecule has 3 aliphatic heterocycles. The summed E-state index contributed by atoms with van der Waals surface area (Å²) in [6.07, 6.45) is 8.24. The molecular formula is C36H50ClFN6O2. The van der Waals surface area contributed by atoms with Crippen molar-refractivity contribution in [1.82, 2.24) is 19.8 Å². The fourth-order valence-corrected chi connectivity index (χ4v) is 7.61. The number of nitrogens with zero attached hydrogens (tertiary/aromatic N) is 6. The second-order valence-corrected chi connectivity index (χ2v) is 13.0. The standard InChI is InChI=1S/C27H31ClFN5O2.C7H13N.C2H6/c1-17-19(8-9-20-6-4-5-7-23(20)28)10-11-22-24(17)31-27(36-3)32-25(22)33-14-15-34(26(35)18(2)29)21(16-33)12-13-30;1-6-2-3-7-4-5-8(6)7;1-2/h4-7,17,19,21H,2,8-12,14-16H2,1,3H3;6-7H,2-5H2,1H3;1-2H3. The Hall–Kier alpha value is -3.22. The number of hydrogen-bond donors (Lipinski definition) is 0. The number of methoxy groups -OCH3 is 1. The van der Waals surface area contributed by atoms with Gasteiger partial charge in [-0.1, -0.05) is 57.2 Å². The van der Waals surface area contributed by atoms with Crippen LogP contribution in [0.15, 0.2) is 36.7 Å². The number of ether oxygens (including phenoxy) is 1. The van der Waals surface area contributed by atoms with Gasteiger partial charge in [-0.3, -0.25) is 9.69 Å². The highest BCUT2D eigenvalue weighted by atomic mass is 35.5. The molecule has 46 heavy (non-hydrogen) atoms. The summed E-state index contributed by atoms with van der Waals surface area (Å²) in [6.45, 7) is 14.2. The largest absolute Gasteiger partial charge is 0.467 e. The van der Waals surface area contributed by atoms with Crippen LogP contribution in [-0.2, 0) is 17.6 Å². The zero-order chi connectivity index (χ0) is 33.4. The molecule has 3 fully saturated rings. The van der Waals surface area contributed by atoms with E-state index in [1.807, 2.05) is 32.0 Å². The van der Waals surface area contributed by atoms with E-state index in [0.29, 0.717) is 25.0 Å². The van der Waals surface area contributed by atoms with Gasteiger partial charge in [0.25, 0.3) is 5.91 Å². The summed E-state index contributed by atoms with van der Waals surface area (Å²) in [7, 11) is 1.55. The summed E-state index contributed by atoms with van der Waals surface area (Å²) < 4.78 is 19.0. The molecule has 2 aromatic rings. The van der Waals surface area contributed by atoms with Crippen LogP contribution in [0.25, 0.3) is 0 Å². The van der Waals surface area contributed by atoms with E-state index in [9.17, 15) is 14.4 Å². The first-order valence-electron chi connectivity index (χ1n) is 16.9. The predicted molar refractivity (Wildman–Crippen MR) is 182 cm³/mol. The number of anilines is 1. The molecule has 4 aliphatic rings. The van der Waals surface area contributed by atoms with Crippen molar-refractivity contribution >= 4 is 23.3 Å². The third-order valence-electron chi connectivity index (χ3n) is 10.1. The Kier molecular flexibility index (Phi) is 12.8. The first-order chi connectivity index (χ1) is 22.2. The predicted octanol–water partition coefficient (Wildman–Crippen LogP) is 7.12. The first-order valence-corrected chi connectivity index (χ1v) is 17.3. The van der Waals surface area contributed by atoms with Gasteiger partial charge in [0.2, 0.25) is 0 Å².